The van der Waals surface area contributed by atoms with E-state index in [2.05, 4.69) is 12.2 Å². The van der Waals surface area contributed by atoms with E-state index < -0.39 is 0 Å². The van der Waals surface area contributed by atoms with Gasteiger partial charge in [0.1, 0.15) is 6.04 Å². The van der Waals surface area contributed by atoms with Crippen LogP contribution in [-0.2, 0) is 9.53 Å². The Morgan fingerprint density at radius 3 is 2.69 bits per heavy atom. The molecule has 16 heavy (non-hydrogen) atoms. The summed E-state index contributed by atoms with van der Waals surface area (Å²) >= 11 is 0. The van der Waals surface area contributed by atoms with E-state index in [4.69, 9.17) is 4.74 Å². The first kappa shape index (κ1) is 15.7. The highest BCUT2D eigenvalue weighted by molar-refractivity contribution is 5.85. The summed E-state index contributed by atoms with van der Waals surface area (Å²) in [6.45, 7) is 9.13. The molecular formula is C11H23ClN2O2. The highest BCUT2D eigenvalue weighted by atomic mass is 35.5. The van der Waals surface area contributed by atoms with Crippen LogP contribution in [0.2, 0.25) is 0 Å². The molecule has 1 fully saturated rings. The number of hydrogen-bond donors (Lipinski definition) is 1. The number of carbonyl (C=O) groups is 1. The molecule has 1 rings (SSSR count). The first-order valence-corrected chi connectivity index (χ1v) is 5.84. The van der Waals surface area contributed by atoms with Gasteiger partial charge in [-0.05, 0) is 20.3 Å². The zero-order valence-corrected chi connectivity index (χ0v) is 11.2. The van der Waals surface area contributed by atoms with Crippen LogP contribution in [0.15, 0.2) is 0 Å². The fourth-order valence-corrected chi connectivity index (χ4v) is 1.90. The normalized spacial score (nSPS) is 24.7. The van der Waals surface area contributed by atoms with Gasteiger partial charge in [0.15, 0.2) is 0 Å². The van der Waals surface area contributed by atoms with E-state index in [1.165, 1.54) is 0 Å². The second kappa shape index (κ2) is 7.87. The summed E-state index contributed by atoms with van der Waals surface area (Å²) in [5.74, 6) is 0.173. The standard InChI is InChI=1S/C11H22N2O2.ClH/c1-4-7-13(5-2)11(14)10-9(3)15-8-6-12-10;/h9-10,12H,4-8H2,1-3H3;1H/t9-,10+;/m1./s1. The summed E-state index contributed by atoms with van der Waals surface area (Å²) in [6.07, 6.45) is 0.985. The highest BCUT2D eigenvalue weighted by Gasteiger charge is 2.30. The number of carbonyl (C=O) groups excluding carboxylic acids is 1. The lowest BCUT2D eigenvalue weighted by Crippen LogP contribution is -2.56. The summed E-state index contributed by atoms with van der Waals surface area (Å²) in [6, 6.07) is -0.162. The Balaban J connectivity index is 0.00000225. The number of rotatable bonds is 4. The second-order valence-corrected chi connectivity index (χ2v) is 3.93. The molecule has 0 spiro atoms. The van der Waals surface area contributed by atoms with Crippen LogP contribution in [0.4, 0.5) is 0 Å². The Bertz CT molecular complexity index is 214. The van der Waals surface area contributed by atoms with Gasteiger partial charge in [-0.25, -0.2) is 0 Å². The molecule has 0 bridgehead atoms. The first-order valence-electron chi connectivity index (χ1n) is 5.84. The van der Waals surface area contributed by atoms with Crippen molar-refractivity contribution in [2.75, 3.05) is 26.2 Å². The molecule has 0 aromatic rings. The SMILES string of the molecule is CCCN(CC)C(=O)[C@H]1NCCO[C@@H]1C.Cl. The lowest BCUT2D eigenvalue weighted by molar-refractivity contribution is -0.139. The Kier molecular flexibility index (Phi) is 7.72. The van der Waals surface area contributed by atoms with Crippen LogP contribution in [0.3, 0.4) is 0 Å². The van der Waals surface area contributed by atoms with Gasteiger partial charge in [-0.1, -0.05) is 6.92 Å². The maximum Gasteiger partial charge on any atom is 0.242 e. The maximum absolute atomic E-state index is 12.1. The van der Waals surface area contributed by atoms with Gasteiger partial charge in [-0.15, -0.1) is 12.4 Å². The van der Waals surface area contributed by atoms with Gasteiger partial charge in [0.05, 0.1) is 12.7 Å². The number of nitrogens with one attached hydrogen (secondary N) is 1. The van der Waals surface area contributed by atoms with Crippen LogP contribution in [0.1, 0.15) is 27.2 Å². The van der Waals surface area contributed by atoms with E-state index in [-0.39, 0.29) is 30.5 Å². The molecule has 1 heterocycles. The van der Waals surface area contributed by atoms with E-state index in [1.54, 1.807) is 0 Å². The Hall–Kier alpha value is -0.320. The molecule has 1 aliphatic heterocycles. The Labute approximate surface area is 104 Å². The van der Waals surface area contributed by atoms with Crippen LogP contribution < -0.4 is 5.32 Å². The molecule has 0 aliphatic carbocycles. The number of hydrogen-bond acceptors (Lipinski definition) is 3. The van der Waals surface area contributed by atoms with Gasteiger partial charge in [0.25, 0.3) is 0 Å². The molecule has 96 valence electrons. The van der Waals surface area contributed by atoms with Crippen LogP contribution in [0.5, 0.6) is 0 Å². The summed E-state index contributed by atoms with van der Waals surface area (Å²) in [5, 5.41) is 3.23. The van der Waals surface area contributed by atoms with Crippen LogP contribution >= 0.6 is 12.4 Å². The zero-order chi connectivity index (χ0) is 11.3. The minimum absolute atomic E-state index is 0. The largest absolute Gasteiger partial charge is 0.375 e. The molecular weight excluding hydrogens is 228 g/mol. The number of likely N-dealkylation sites (N-methyl/N-ethyl adjacent to an activating group) is 1. The summed E-state index contributed by atoms with van der Waals surface area (Å²) in [5.41, 5.74) is 0. The predicted molar refractivity (Wildman–Crippen MR) is 67.0 cm³/mol. The number of halogens is 1. The van der Waals surface area contributed by atoms with Gasteiger partial charge in [-0.2, -0.15) is 0 Å². The fraction of sp³-hybridized carbons (Fsp3) is 0.909. The minimum Gasteiger partial charge on any atom is -0.375 e. The van der Waals surface area contributed by atoms with Crippen LogP contribution in [0, 0.1) is 0 Å². The zero-order valence-electron chi connectivity index (χ0n) is 10.4. The molecule has 0 aromatic carbocycles. The first-order chi connectivity index (χ1) is 7.20. The predicted octanol–water partition coefficient (Wildman–Crippen LogP) is 1.04. The number of nitrogens with zero attached hydrogens (tertiary/aromatic N) is 1. The topological polar surface area (TPSA) is 41.6 Å². The molecule has 4 nitrogen and oxygen atoms in total. The quantitative estimate of drug-likeness (QED) is 0.811. The lowest BCUT2D eigenvalue weighted by atomic mass is 10.1. The van der Waals surface area contributed by atoms with Crippen molar-refractivity contribution in [3.63, 3.8) is 0 Å². The maximum atomic E-state index is 12.1. The molecule has 1 N–H and O–H groups in total. The molecule has 0 saturated carbocycles. The van der Waals surface area contributed by atoms with Crippen LogP contribution in [0.25, 0.3) is 0 Å². The van der Waals surface area contributed by atoms with Crippen molar-refractivity contribution in [2.24, 2.45) is 0 Å². The van der Waals surface area contributed by atoms with Crippen molar-refractivity contribution >= 4 is 18.3 Å². The average molecular weight is 251 g/mol. The number of amides is 1. The van der Waals surface area contributed by atoms with E-state index >= 15 is 0 Å². The monoisotopic (exact) mass is 250 g/mol. The van der Waals surface area contributed by atoms with E-state index in [0.29, 0.717) is 6.61 Å². The lowest BCUT2D eigenvalue weighted by Gasteiger charge is -2.33. The molecule has 0 unspecified atom stereocenters. The average Bonchev–Trinajstić information content (AvgIpc) is 2.25. The van der Waals surface area contributed by atoms with Crippen molar-refractivity contribution in [2.45, 2.75) is 39.3 Å². The molecule has 0 radical (unpaired) electrons. The molecule has 5 heteroatoms. The molecule has 1 aliphatic rings. The third-order valence-electron chi connectivity index (χ3n) is 2.77. The van der Waals surface area contributed by atoms with Crippen molar-refractivity contribution in [3.8, 4) is 0 Å². The van der Waals surface area contributed by atoms with Crippen molar-refractivity contribution < 1.29 is 9.53 Å². The third kappa shape index (κ3) is 3.92. The summed E-state index contributed by atoms with van der Waals surface area (Å²) < 4.78 is 5.47. The smallest absolute Gasteiger partial charge is 0.242 e. The second-order valence-electron chi connectivity index (χ2n) is 3.93. The molecule has 0 aromatic heterocycles. The van der Waals surface area contributed by atoms with Crippen molar-refractivity contribution in [3.05, 3.63) is 0 Å². The van der Waals surface area contributed by atoms with Crippen molar-refractivity contribution in [1.82, 2.24) is 10.2 Å². The minimum atomic E-state index is -0.162. The number of ether oxygens (including phenoxy) is 1. The molecule has 1 saturated heterocycles. The summed E-state index contributed by atoms with van der Waals surface area (Å²) in [7, 11) is 0. The van der Waals surface area contributed by atoms with Gasteiger partial charge in [-0.3, -0.25) is 4.79 Å². The number of morpholine rings is 1. The van der Waals surface area contributed by atoms with E-state index in [0.717, 1.165) is 26.1 Å². The van der Waals surface area contributed by atoms with Gasteiger partial charge < -0.3 is 15.0 Å². The van der Waals surface area contributed by atoms with Gasteiger partial charge >= 0.3 is 0 Å². The molecule has 2 atom stereocenters. The van der Waals surface area contributed by atoms with Crippen molar-refractivity contribution in [1.29, 1.82) is 0 Å². The Morgan fingerprint density at radius 1 is 1.50 bits per heavy atom. The van der Waals surface area contributed by atoms with Gasteiger partial charge in [0, 0.05) is 19.6 Å². The van der Waals surface area contributed by atoms with E-state index in [1.807, 2.05) is 18.7 Å². The van der Waals surface area contributed by atoms with Crippen LogP contribution in [-0.4, -0.2) is 49.2 Å². The Morgan fingerprint density at radius 2 is 2.19 bits per heavy atom. The van der Waals surface area contributed by atoms with E-state index in [9.17, 15) is 4.79 Å². The molecule has 1 amide bonds. The highest BCUT2D eigenvalue weighted by Crippen LogP contribution is 2.08. The summed E-state index contributed by atoms with van der Waals surface area (Å²) in [4.78, 5) is 14.0. The fourth-order valence-electron chi connectivity index (χ4n) is 1.90. The third-order valence-corrected chi connectivity index (χ3v) is 2.77. The van der Waals surface area contributed by atoms with Gasteiger partial charge in [0.2, 0.25) is 5.91 Å².